The van der Waals surface area contributed by atoms with Gasteiger partial charge in [-0.25, -0.2) is 4.98 Å². The average Bonchev–Trinajstić information content (AvgIpc) is 2.57. The molecule has 2 heterocycles. The van der Waals surface area contributed by atoms with E-state index in [2.05, 4.69) is 25.6 Å². The van der Waals surface area contributed by atoms with Crippen LogP contribution in [0, 0.1) is 0 Å². The van der Waals surface area contributed by atoms with Gasteiger partial charge in [0, 0.05) is 31.5 Å². The van der Waals surface area contributed by atoms with Gasteiger partial charge in [-0.15, -0.1) is 24.0 Å². The molecule has 0 spiro atoms. The quantitative estimate of drug-likeness (QED) is 0.421. The summed E-state index contributed by atoms with van der Waals surface area (Å²) < 4.78 is 5.51. The van der Waals surface area contributed by atoms with Gasteiger partial charge in [-0.3, -0.25) is 9.98 Å². The number of ether oxygens (including phenoxy) is 1. The number of halogens is 1. The van der Waals surface area contributed by atoms with E-state index in [0.717, 1.165) is 11.3 Å². The first-order valence-corrected chi connectivity index (χ1v) is 7.24. The summed E-state index contributed by atoms with van der Waals surface area (Å²) in [6, 6.07) is 9.70. The lowest BCUT2D eigenvalue weighted by atomic mass is 10.2. The first kappa shape index (κ1) is 19.1. The number of aromatic nitrogens is 2. The lowest BCUT2D eigenvalue weighted by molar-refractivity contribution is 0.322. The van der Waals surface area contributed by atoms with Crippen LogP contribution in [0.3, 0.4) is 0 Å². The standard InChI is InChI=1S/C16H21N5O.HI/c1-3-22-15-13(7-6-10-19-15)11-20-16(17-2)21-12-14-8-4-5-9-18-14;/h4-10H,3,11-12H2,1-2H3,(H2,17,20,21);1H. The number of pyridine rings is 2. The van der Waals surface area contributed by atoms with Crippen molar-refractivity contribution in [3.63, 3.8) is 0 Å². The molecule has 0 saturated heterocycles. The third kappa shape index (κ3) is 6.39. The third-order valence-corrected chi connectivity index (χ3v) is 2.96. The van der Waals surface area contributed by atoms with Crippen LogP contribution in [0.25, 0.3) is 0 Å². The maximum atomic E-state index is 5.51. The van der Waals surface area contributed by atoms with Crippen molar-refractivity contribution in [3.05, 3.63) is 54.0 Å². The van der Waals surface area contributed by atoms with Crippen molar-refractivity contribution in [3.8, 4) is 5.88 Å². The van der Waals surface area contributed by atoms with Crippen LogP contribution in [-0.4, -0.2) is 29.6 Å². The Hall–Kier alpha value is -1.90. The molecule has 6 nitrogen and oxygen atoms in total. The van der Waals surface area contributed by atoms with Gasteiger partial charge < -0.3 is 15.4 Å². The molecule has 0 aliphatic rings. The van der Waals surface area contributed by atoms with Crippen LogP contribution in [-0.2, 0) is 13.1 Å². The SMILES string of the molecule is CCOc1ncccc1CNC(=NC)NCc1ccccn1.I. The predicted octanol–water partition coefficient (Wildman–Crippen LogP) is 2.36. The van der Waals surface area contributed by atoms with Crippen LogP contribution < -0.4 is 15.4 Å². The van der Waals surface area contributed by atoms with E-state index in [1.54, 1.807) is 19.4 Å². The number of hydrogen-bond acceptors (Lipinski definition) is 4. The molecule has 0 radical (unpaired) electrons. The molecule has 0 amide bonds. The Morgan fingerprint density at radius 2 is 1.87 bits per heavy atom. The second-order valence-electron chi connectivity index (χ2n) is 4.50. The molecule has 0 unspecified atom stereocenters. The highest BCUT2D eigenvalue weighted by atomic mass is 127. The van der Waals surface area contributed by atoms with Crippen molar-refractivity contribution >= 4 is 29.9 Å². The van der Waals surface area contributed by atoms with E-state index in [4.69, 9.17) is 4.74 Å². The second-order valence-corrected chi connectivity index (χ2v) is 4.50. The largest absolute Gasteiger partial charge is 0.478 e. The molecule has 23 heavy (non-hydrogen) atoms. The van der Waals surface area contributed by atoms with Gasteiger partial charge in [0.2, 0.25) is 5.88 Å². The summed E-state index contributed by atoms with van der Waals surface area (Å²) >= 11 is 0. The first-order chi connectivity index (χ1) is 10.8. The summed E-state index contributed by atoms with van der Waals surface area (Å²) in [6.07, 6.45) is 3.50. The number of guanidine groups is 1. The zero-order valence-corrected chi connectivity index (χ0v) is 15.7. The molecule has 0 aromatic carbocycles. The summed E-state index contributed by atoms with van der Waals surface area (Å²) in [5, 5.41) is 6.47. The van der Waals surface area contributed by atoms with E-state index in [-0.39, 0.29) is 24.0 Å². The van der Waals surface area contributed by atoms with E-state index < -0.39 is 0 Å². The van der Waals surface area contributed by atoms with Crippen molar-refractivity contribution in [1.29, 1.82) is 0 Å². The fourth-order valence-corrected chi connectivity index (χ4v) is 1.90. The molecule has 0 aliphatic carbocycles. The van der Waals surface area contributed by atoms with E-state index in [1.165, 1.54) is 0 Å². The zero-order chi connectivity index (χ0) is 15.6. The predicted molar refractivity (Wildman–Crippen MR) is 102 cm³/mol. The summed E-state index contributed by atoms with van der Waals surface area (Å²) in [6.45, 7) is 3.74. The number of nitrogens with one attached hydrogen (secondary N) is 2. The summed E-state index contributed by atoms with van der Waals surface area (Å²) in [7, 11) is 1.74. The van der Waals surface area contributed by atoms with Gasteiger partial charge in [0.1, 0.15) is 0 Å². The molecule has 0 bridgehead atoms. The smallest absolute Gasteiger partial charge is 0.218 e. The highest BCUT2D eigenvalue weighted by molar-refractivity contribution is 14.0. The van der Waals surface area contributed by atoms with Crippen molar-refractivity contribution in [2.24, 2.45) is 4.99 Å². The normalized spacial score (nSPS) is 10.6. The van der Waals surface area contributed by atoms with Crippen LogP contribution in [0.1, 0.15) is 18.2 Å². The number of nitrogens with zero attached hydrogens (tertiary/aromatic N) is 3. The molecule has 2 aromatic heterocycles. The Labute approximate surface area is 153 Å². The van der Waals surface area contributed by atoms with Gasteiger partial charge in [-0.05, 0) is 25.1 Å². The lowest BCUT2D eigenvalue weighted by Gasteiger charge is -2.13. The highest BCUT2D eigenvalue weighted by Crippen LogP contribution is 2.13. The molecule has 2 aromatic rings. The third-order valence-electron chi connectivity index (χ3n) is 2.96. The van der Waals surface area contributed by atoms with E-state index in [0.29, 0.717) is 31.5 Å². The first-order valence-electron chi connectivity index (χ1n) is 7.24. The summed E-state index contributed by atoms with van der Waals surface area (Å²) in [5.74, 6) is 1.36. The average molecular weight is 427 g/mol. The van der Waals surface area contributed by atoms with Crippen molar-refractivity contribution in [2.75, 3.05) is 13.7 Å². The topological polar surface area (TPSA) is 71.4 Å². The lowest BCUT2D eigenvalue weighted by Crippen LogP contribution is -2.36. The Kier molecular flexibility index (Phi) is 8.96. The molecule has 0 atom stereocenters. The molecule has 7 heteroatoms. The van der Waals surface area contributed by atoms with E-state index >= 15 is 0 Å². The minimum absolute atomic E-state index is 0. The van der Waals surface area contributed by atoms with Crippen LogP contribution in [0.5, 0.6) is 5.88 Å². The van der Waals surface area contributed by atoms with Gasteiger partial charge in [-0.1, -0.05) is 12.1 Å². The highest BCUT2D eigenvalue weighted by Gasteiger charge is 2.05. The van der Waals surface area contributed by atoms with Crippen LogP contribution >= 0.6 is 24.0 Å². The Morgan fingerprint density at radius 3 is 2.57 bits per heavy atom. The monoisotopic (exact) mass is 427 g/mol. The molecule has 0 saturated carbocycles. The molecular formula is C16H22IN5O. The van der Waals surface area contributed by atoms with Crippen molar-refractivity contribution < 1.29 is 4.74 Å². The van der Waals surface area contributed by atoms with Crippen LogP contribution in [0.2, 0.25) is 0 Å². The molecule has 0 aliphatic heterocycles. The fraction of sp³-hybridized carbons (Fsp3) is 0.312. The van der Waals surface area contributed by atoms with Gasteiger partial charge in [0.05, 0.1) is 18.8 Å². The number of aliphatic imine (C=N–C) groups is 1. The number of hydrogen-bond donors (Lipinski definition) is 2. The fourth-order valence-electron chi connectivity index (χ4n) is 1.90. The molecule has 2 rings (SSSR count). The number of rotatable bonds is 6. The molecule has 2 N–H and O–H groups in total. The molecular weight excluding hydrogens is 405 g/mol. The van der Waals surface area contributed by atoms with Gasteiger partial charge in [0.25, 0.3) is 0 Å². The van der Waals surface area contributed by atoms with Gasteiger partial charge >= 0.3 is 0 Å². The Bertz CT molecular complexity index is 606. The second kappa shape index (κ2) is 10.8. The molecule has 0 fully saturated rings. The van der Waals surface area contributed by atoms with Gasteiger partial charge in [-0.2, -0.15) is 0 Å². The Morgan fingerprint density at radius 1 is 1.09 bits per heavy atom. The Balaban J connectivity index is 0.00000264. The van der Waals surface area contributed by atoms with Crippen LogP contribution in [0.4, 0.5) is 0 Å². The maximum Gasteiger partial charge on any atom is 0.218 e. The van der Waals surface area contributed by atoms with E-state index in [1.807, 2.05) is 37.3 Å². The van der Waals surface area contributed by atoms with Gasteiger partial charge in [0.15, 0.2) is 5.96 Å². The minimum Gasteiger partial charge on any atom is -0.478 e. The maximum absolute atomic E-state index is 5.51. The zero-order valence-electron chi connectivity index (χ0n) is 13.3. The molecule has 124 valence electrons. The van der Waals surface area contributed by atoms with Crippen LogP contribution in [0.15, 0.2) is 47.7 Å². The summed E-state index contributed by atoms with van der Waals surface area (Å²) in [5.41, 5.74) is 1.95. The van der Waals surface area contributed by atoms with Crippen molar-refractivity contribution in [2.45, 2.75) is 20.0 Å². The van der Waals surface area contributed by atoms with Crippen molar-refractivity contribution in [1.82, 2.24) is 20.6 Å². The van der Waals surface area contributed by atoms with E-state index in [9.17, 15) is 0 Å². The summed E-state index contributed by atoms with van der Waals surface area (Å²) in [4.78, 5) is 12.7. The minimum atomic E-state index is 0.